The van der Waals surface area contributed by atoms with Crippen LogP contribution < -0.4 is 14.8 Å². The van der Waals surface area contributed by atoms with Gasteiger partial charge in [-0.2, -0.15) is 0 Å². The van der Waals surface area contributed by atoms with Crippen molar-refractivity contribution in [2.45, 2.75) is 19.4 Å². The third-order valence-corrected chi connectivity index (χ3v) is 4.80. The van der Waals surface area contributed by atoms with Crippen LogP contribution in [0.4, 0.5) is 0 Å². The predicted octanol–water partition coefficient (Wildman–Crippen LogP) is 2.73. The number of benzene rings is 2. The van der Waals surface area contributed by atoms with Gasteiger partial charge in [-0.15, -0.1) is 0 Å². The summed E-state index contributed by atoms with van der Waals surface area (Å²) in [6, 6.07) is 15.4. The molecule has 0 spiro atoms. The van der Waals surface area contributed by atoms with Crippen LogP contribution in [0.3, 0.4) is 0 Å². The number of carbonyl (C=O) groups is 1. The van der Waals surface area contributed by atoms with Gasteiger partial charge in [0, 0.05) is 25.6 Å². The monoisotopic (exact) mass is 410 g/mol. The van der Waals surface area contributed by atoms with Crippen LogP contribution in [0.5, 0.6) is 11.5 Å². The van der Waals surface area contributed by atoms with E-state index in [1.165, 1.54) is 0 Å². The summed E-state index contributed by atoms with van der Waals surface area (Å²) < 4.78 is 13.0. The first-order valence-electron chi connectivity index (χ1n) is 10.2. The van der Waals surface area contributed by atoms with E-state index in [0.717, 1.165) is 36.4 Å². The number of hydrogen-bond donors (Lipinski definition) is 1. The van der Waals surface area contributed by atoms with Gasteiger partial charge in [0.25, 0.3) is 5.91 Å². The Labute approximate surface area is 177 Å². The van der Waals surface area contributed by atoms with Gasteiger partial charge in [-0.1, -0.05) is 18.2 Å². The molecule has 0 aliphatic carbocycles. The van der Waals surface area contributed by atoms with Crippen LogP contribution in [0, 0.1) is 0 Å². The molecule has 0 fully saturated rings. The van der Waals surface area contributed by atoms with Crippen molar-refractivity contribution in [2.24, 2.45) is 0 Å². The highest BCUT2D eigenvalue weighted by atomic mass is 16.5. The first-order valence-corrected chi connectivity index (χ1v) is 10.2. The maximum atomic E-state index is 12.2. The lowest BCUT2D eigenvalue weighted by atomic mass is 10.3. The molecular formula is C23H30N4O3. The minimum absolute atomic E-state index is 0.0353. The van der Waals surface area contributed by atoms with E-state index in [1.807, 2.05) is 30.3 Å². The smallest absolute Gasteiger partial charge is 0.257 e. The van der Waals surface area contributed by atoms with E-state index < -0.39 is 0 Å². The number of nitrogens with zero attached hydrogens (tertiary/aromatic N) is 3. The number of aryl methyl sites for hydroxylation is 1. The standard InChI is InChI=1S/C23H30N4O3/c1-26(2)14-7-15-27-21-11-5-4-10-20(21)25-22(27)12-13-24-23(28)17-30-19-9-6-8-18(16-19)29-3/h4-6,8-11,16H,7,12-15,17H2,1-3H3,(H,24,28). The van der Waals surface area contributed by atoms with Crippen molar-refractivity contribution in [3.05, 3.63) is 54.4 Å². The van der Waals surface area contributed by atoms with Crippen molar-refractivity contribution in [1.82, 2.24) is 19.8 Å². The minimum Gasteiger partial charge on any atom is -0.497 e. The zero-order valence-corrected chi connectivity index (χ0v) is 17.9. The Kier molecular flexibility index (Phi) is 7.68. The number of fused-ring (bicyclic) bond motifs is 1. The second-order valence-corrected chi connectivity index (χ2v) is 7.39. The highest BCUT2D eigenvalue weighted by Gasteiger charge is 2.11. The minimum atomic E-state index is -0.159. The van der Waals surface area contributed by atoms with Gasteiger partial charge in [0.05, 0.1) is 18.1 Å². The molecule has 1 amide bonds. The van der Waals surface area contributed by atoms with Crippen LogP contribution in [-0.4, -0.2) is 61.3 Å². The molecule has 7 heteroatoms. The molecule has 0 atom stereocenters. The number of nitrogens with one attached hydrogen (secondary N) is 1. The summed E-state index contributed by atoms with van der Waals surface area (Å²) in [5.74, 6) is 2.13. The summed E-state index contributed by atoms with van der Waals surface area (Å²) in [6.07, 6.45) is 1.71. The molecule has 2 aromatic carbocycles. The first-order chi connectivity index (χ1) is 14.6. The summed E-state index contributed by atoms with van der Waals surface area (Å²) in [5, 5.41) is 2.92. The fraction of sp³-hybridized carbons (Fsp3) is 0.391. The van der Waals surface area contributed by atoms with Crippen molar-refractivity contribution >= 4 is 16.9 Å². The highest BCUT2D eigenvalue weighted by molar-refractivity contribution is 5.77. The van der Waals surface area contributed by atoms with Gasteiger partial charge in [-0.3, -0.25) is 4.79 Å². The van der Waals surface area contributed by atoms with E-state index in [4.69, 9.17) is 14.5 Å². The summed E-state index contributed by atoms with van der Waals surface area (Å²) in [4.78, 5) is 19.1. The van der Waals surface area contributed by atoms with Crippen molar-refractivity contribution in [2.75, 3.05) is 40.9 Å². The second-order valence-electron chi connectivity index (χ2n) is 7.39. The number of amides is 1. The molecule has 0 radical (unpaired) electrons. The molecule has 0 saturated carbocycles. The normalized spacial score (nSPS) is 11.1. The van der Waals surface area contributed by atoms with Crippen LogP contribution >= 0.6 is 0 Å². The Morgan fingerprint density at radius 3 is 2.73 bits per heavy atom. The summed E-state index contributed by atoms with van der Waals surface area (Å²) in [7, 11) is 5.76. The maximum Gasteiger partial charge on any atom is 0.257 e. The zero-order valence-electron chi connectivity index (χ0n) is 17.9. The number of aromatic nitrogens is 2. The van der Waals surface area contributed by atoms with Crippen LogP contribution in [0.2, 0.25) is 0 Å². The number of ether oxygens (including phenoxy) is 2. The van der Waals surface area contributed by atoms with Gasteiger partial charge in [-0.05, 0) is 51.3 Å². The lowest BCUT2D eigenvalue weighted by Gasteiger charge is -2.13. The molecule has 0 aliphatic heterocycles. The molecule has 3 aromatic rings. The van der Waals surface area contributed by atoms with Gasteiger partial charge in [0.15, 0.2) is 6.61 Å². The molecule has 7 nitrogen and oxygen atoms in total. The van der Waals surface area contributed by atoms with Gasteiger partial charge >= 0.3 is 0 Å². The SMILES string of the molecule is COc1cccc(OCC(=O)NCCc2nc3ccccc3n2CCCN(C)C)c1. The fourth-order valence-corrected chi connectivity index (χ4v) is 3.32. The van der Waals surface area contributed by atoms with E-state index in [9.17, 15) is 4.79 Å². The van der Waals surface area contributed by atoms with Crippen molar-refractivity contribution in [3.63, 3.8) is 0 Å². The molecule has 1 N–H and O–H groups in total. The number of para-hydroxylation sites is 2. The van der Waals surface area contributed by atoms with Crippen molar-refractivity contribution in [3.8, 4) is 11.5 Å². The van der Waals surface area contributed by atoms with E-state index >= 15 is 0 Å². The third-order valence-electron chi connectivity index (χ3n) is 4.80. The Morgan fingerprint density at radius 2 is 1.93 bits per heavy atom. The van der Waals surface area contributed by atoms with Gasteiger partial charge < -0.3 is 24.3 Å². The summed E-state index contributed by atoms with van der Waals surface area (Å²) in [5.41, 5.74) is 2.13. The van der Waals surface area contributed by atoms with Crippen molar-refractivity contribution in [1.29, 1.82) is 0 Å². The number of methoxy groups -OCH3 is 1. The summed E-state index contributed by atoms with van der Waals surface area (Å²) in [6.45, 7) is 2.40. The van der Waals surface area contributed by atoms with E-state index in [0.29, 0.717) is 24.5 Å². The maximum absolute atomic E-state index is 12.2. The molecule has 160 valence electrons. The topological polar surface area (TPSA) is 68.6 Å². The van der Waals surface area contributed by atoms with Gasteiger partial charge in [0.1, 0.15) is 17.3 Å². The number of carbonyl (C=O) groups excluding carboxylic acids is 1. The molecular weight excluding hydrogens is 380 g/mol. The number of hydrogen-bond acceptors (Lipinski definition) is 5. The second kappa shape index (κ2) is 10.6. The summed E-state index contributed by atoms with van der Waals surface area (Å²) >= 11 is 0. The fourth-order valence-electron chi connectivity index (χ4n) is 3.32. The van der Waals surface area contributed by atoms with Crippen molar-refractivity contribution < 1.29 is 14.3 Å². The van der Waals surface area contributed by atoms with E-state index in [1.54, 1.807) is 19.2 Å². The van der Waals surface area contributed by atoms with Crippen LogP contribution in [0.1, 0.15) is 12.2 Å². The molecule has 0 unspecified atom stereocenters. The molecule has 1 aromatic heterocycles. The Morgan fingerprint density at radius 1 is 1.13 bits per heavy atom. The third kappa shape index (κ3) is 5.97. The largest absolute Gasteiger partial charge is 0.497 e. The molecule has 0 aliphatic rings. The van der Waals surface area contributed by atoms with E-state index in [2.05, 4.69) is 34.9 Å². The van der Waals surface area contributed by atoms with Crippen LogP contribution in [0.15, 0.2) is 48.5 Å². The Bertz CT molecular complexity index is 968. The van der Waals surface area contributed by atoms with Crippen LogP contribution in [-0.2, 0) is 17.8 Å². The Hall–Kier alpha value is -3.06. The molecule has 1 heterocycles. The van der Waals surface area contributed by atoms with Crippen LogP contribution in [0.25, 0.3) is 11.0 Å². The zero-order chi connectivity index (χ0) is 21.3. The molecule has 0 saturated heterocycles. The highest BCUT2D eigenvalue weighted by Crippen LogP contribution is 2.19. The average Bonchev–Trinajstić information content (AvgIpc) is 3.10. The quantitative estimate of drug-likeness (QED) is 0.526. The Balaban J connectivity index is 1.53. The lowest BCUT2D eigenvalue weighted by molar-refractivity contribution is -0.123. The predicted molar refractivity (Wildman–Crippen MR) is 118 cm³/mol. The number of imidazole rings is 1. The average molecular weight is 411 g/mol. The van der Waals surface area contributed by atoms with E-state index in [-0.39, 0.29) is 12.5 Å². The van der Waals surface area contributed by atoms with Gasteiger partial charge in [0.2, 0.25) is 0 Å². The lowest BCUT2D eigenvalue weighted by Crippen LogP contribution is -2.31. The number of rotatable bonds is 11. The molecule has 30 heavy (non-hydrogen) atoms. The molecule has 3 rings (SSSR count). The van der Waals surface area contributed by atoms with Gasteiger partial charge in [-0.25, -0.2) is 4.98 Å². The first kappa shape index (κ1) is 21.6. The molecule has 0 bridgehead atoms.